The average molecular weight is 292 g/mol. The molecule has 0 bridgehead atoms. The second kappa shape index (κ2) is 5.03. The molecule has 0 amide bonds. The Balaban J connectivity index is 2.19. The number of anilines is 1. The van der Waals surface area contributed by atoms with Gasteiger partial charge in [-0.3, -0.25) is 0 Å². The van der Waals surface area contributed by atoms with E-state index in [0.717, 1.165) is 18.9 Å². The maximum absolute atomic E-state index is 13.5. The summed E-state index contributed by atoms with van der Waals surface area (Å²) in [4.78, 5) is -0.854. The van der Waals surface area contributed by atoms with E-state index in [2.05, 4.69) is 4.72 Å². The Labute approximate surface area is 109 Å². The summed E-state index contributed by atoms with van der Waals surface area (Å²) in [6, 6.07) is 1.54. The molecular formula is C11H14F2N2O3S. The number of hydrogen-bond acceptors (Lipinski definition) is 4. The number of benzene rings is 1. The highest BCUT2D eigenvalue weighted by Gasteiger charge is 2.31. The number of hydrogen-bond donors (Lipinski definition) is 3. The van der Waals surface area contributed by atoms with Crippen LogP contribution in [0.25, 0.3) is 0 Å². The normalized spacial score (nSPS) is 17.4. The van der Waals surface area contributed by atoms with Gasteiger partial charge in [0.1, 0.15) is 4.90 Å². The van der Waals surface area contributed by atoms with E-state index in [1.807, 2.05) is 0 Å². The van der Waals surface area contributed by atoms with Crippen molar-refractivity contribution in [2.75, 3.05) is 12.3 Å². The zero-order valence-electron chi connectivity index (χ0n) is 9.94. The molecule has 8 heteroatoms. The molecular weight excluding hydrogens is 278 g/mol. The molecule has 0 spiro atoms. The van der Waals surface area contributed by atoms with E-state index >= 15 is 0 Å². The third-order valence-corrected chi connectivity index (χ3v) is 4.38. The zero-order valence-corrected chi connectivity index (χ0v) is 10.8. The van der Waals surface area contributed by atoms with Crippen molar-refractivity contribution in [2.45, 2.75) is 23.8 Å². The van der Waals surface area contributed by atoms with Gasteiger partial charge in [0.05, 0.1) is 6.10 Å². The van der Waals surface area contributed by atoms with Crippen LogP contribution in [0.2, 0.25) is 0 Å². The molecule has 1 atom stereocenters. The van der Waals surface area contributed by atoms with E-state index in [0.29, 0.717) is 6.07 Å². The van der Waals surface area contributed by atoms with Gasteiger partial charge in [0, 0.05) is 12.2 Å². The van der Waals surface area contributed by atoms with E-state index in [1.165, 1.54) is 0 Å². The Morgan fingerprint density at radius 1 is 1.42 bits per heavy atom. The lowest BCUT2D eigenvalue weighted by Gasteiger charge is -2.12. The Hall–Kier alpha value is -1.25. The molecule has 0 aliphatic heterocycles. The third kappa shape index (κ3) is 3.20. The Morgan fingerprint density at radius 3 is 2.63 bits per heavy atom. The molecule has 5 nitrogen and oxygen atoms in total. The molecule has 4 N–H and O–H groups in total. The minimum atomic E-state index is -4.24. The van der Waals surface area contributed by atoms with Crippen LogP contribution in [-0.2, 0) is 10.0 Å². The number of nitrogen functional groups attached to an aromatic ring is 1. The van der Waals surface area contributed by atoms with E-state index < -0.39 is 32.7 Å². The van der Waals surface area contributed by atoms with E-state index in [1.54, 1.807) is 0 Å². The number of nitrogens with two attached hydrogens (primary N) is 1. The number of aliphatic hydroxyl groups is 1. The average Bonchev–Trinajstić information content (AvgIpc) is 3.14. The van der Waals surface area contributed by atoms with Crippen LogP contribution in [0.3, 0.4) is 0 Å². The molecule has 1 aromatic rings. The first-order valence-electron chi connectivity index (χ1n) is 5.73. The third-order valence-electron chi connectivity index (χ3n) is 2.96. The van der Waals surface area contributed by atoms with Crippen LogP contribution >= 0.6 is 0 Å². The largest absolute Gasteiger partial charge is 0.399 e. The number of sulfonamides is 1. The predicted octanol–water partition coefficient (Wildman–Crippen LogP) is 0.596. The maximum atomic E-state index is 13.5. The SMILES string of the molecule is Nc1cc(F)c(F)c(S(=O)(=O)NCC(O)C2CC2)c1. The highest BCUT2D eigenvalue weighted by Crippen LogP contribution is 2.32. The van der Waals surface area contributed by atoms with Crippen molar-refractivity contribution in [1.82, 2.24) is 4.72 Å². The van der Waals surface area contributed by atoms with Gasteiger partial charge >= 0.3 is 0 Å². The summed E-state index contributed by atoms with van der Waals surface area (Å²) in [7, 11) is -4.24. The molecule has 2 rings (SSSR count). The van der Waals surface area contributed by atoms with Crippen molar-refractivity contribution >= 4 is 15.7 Å². The molecule has 1 aliphatic rings. The molecule has 1 unspecified atom stereocenters. The Bertz CT molecular complexity index is 588. The van der Waals surface area contributed by atoms with Crippen LogP contribution in [0.15, 0.2) is 17.0 Å². The second-order valence-electron chi connectivity index (χ2n) is 4.57. The molecule has 1 fully saturated rings. The molecule has 0 saturated heterocycles. The highest BCUT2D eigenvalue weighted by molar-refractivity contribution is 7.89. The lowest BCUT2D eigenvalue weighted by atomic mass is 10.2. The Morgan fingerprint density at radius 2 is 2.05 bits per heavy atom. The van der Waals surface area contributed by atoms with Crippen molar-refractivity contribution in [3.8, 4) is 0 Å². The highest BCUT2D eigenvalue weighted by atomic mass is 32.2. The number of rotatable bonds is 5. The van der Waals surface area contributed by atoms with Gasteiger partial charge in [0.2, 0.25) is 10.0 Å². The number of aliphatic hydroxyl groups excluding tert-OH is 1. The fraction of sp³-hybridized carbons (Fsp3) is 0.455. The molecule has 1 aliphatic carbocycles. The van der Waals surface area contributed by atoms with Crippen molar-refractivity contribution in [2.24, 2.45) is 5.92 Å². The van der Waals surface area contributed by atoms with Gasteiger partial charge in [0.25, 0.3) is 0 Å². The fourth-order valence-corrected chi connectivity index (χ4v) is 2.87. The van der Waals surface area contributed by atoms with Gasteiger partial charge < -0.3 is 10.8 Å². The number of halogens is 2. The van der Waals surface area contributed by atoms with E-state index in [4.69, 9.17) is 5.73 Å². The molecule has 0 heterocycles. The Kier molecular flexibility index (Phi) is 3.75. The molecule has 1 saturated carbocycles. The van der Waals surface area contributed by atoms with Gasteiger partial charge in [-0.25, -0.2) is 21.9 Å². The lowest BCUT2D eigenvalue weighted by Crippen LogP contribution is -2.33. The van der Waals surface area contributed by atoms with Crippen LogP contribution in [0, 0.1) is 17.6 Å². The summed E-state index contributed by atoms with van der Waals surface area (Å²) in [6.45, 7) is -0.233. The fourth-order valence-electron chi connectivity index (χ4n) is 1.70. The lowest BCUT2D eigenvalue weighted by molar-refractivity contribution is 0.155. The van der Waals surface area contributed by atoms with Gasteiger partial charge in [-0.1, -0.05) is 0 Å². The summed E-state index contributed by atoms with van der Waals surface area (Å²) in [5, 5.41) is 9.56. The summed E-state index contributed by atoms with van der Waals surface area (Å²) in [6.07, 6.45) is 0.859. The van der Waals surface area contributed by atoms with Crippen molar-refractivity contribution in [1.29, 1.82) is 0 Å². The van der Waals surface area contributed by atoms with E-state index in [9.17, 15) is 22.3 Å². The zero-order chi connectivity index (χ0) is 14.2. The molecule has 0 radical (unpaired) electrons. The van der Waals surface area contributed by atoms with Crippen molar-refractivity contribution in [3.05, 3.63) is 23.8 Å². The smallest absolute Gasteiger partial charge is 0.243 e. The van der Waals surface area contributed by atoms with Crippen LogP contribution < -0.4 is 10.5 Å². The van der Waals surface area contributed by atoms with Crippen molar-refractivity contribution in [3.63, 3.8) is 0 Å². The first kappa shape index (κ1) is 14.2. The molecule has 106 valence electrons. The summed E-state index contributed by atoms with van der Waals surface area (Å²) >= 11 is 0. The van der Waals surface area contributed by atoms with Gasteiger partial charge in [-0.15, -0.1) is 0 Å². The summed E-state index contributed by atoms with van der Waals surface area (Å²) < 4.78 is 52.3. The first-order chi connectivity index (χ1) is 8.81. The van der Waals surface area contributed by atoms with E-state index in [-0.39, 0.29) is 18.2 Å². The minimum Gasteiger partial charge on any atom is -0.399 e. The predicted molar refractivity (Wildman–Crippen MR) is 64.7 cm³/mol. The topological polar surface area (TPSA) is 92.4 Å². The van der Waals surface area contributed by atoms with Crippen LogP contribution in [-0.4, -0.2) is 26.2 Å². The van der Waals surface area contributed by atoms with Gasteiger partial charge in [-0.05, 0) is 30.9 Å². The number of nitrogens with one attached hydrogen (secondary N) is 1. The summed E-state index contributed by atoms with van der Waals surface area (Å²) in [5.74, 6) is -2.74. The second-order valence-corrected chi connectivity index (χ2v) is 6.31. The minimum absolute atomic E-state index is 0.0742. The molecule has 1 aromatic carbocycles. The van der Waals surface area contributed by atoms with Gasteiger partial charge in [0.15, 0.2) is 11.6 Å². The summed E-state index contributed by atoms with van der Waals surface area (Å²) in [5.41, 5.74) is 5.10. The molecule has 19 heavy (non-hydrogen) atoms. The van der Waals surface area contributed by atoms with Crippen LogP contribution in [0.5, 0.6) is 0 Å². The molecule has 0 aromatic heterocycles. The van der Waals surface area contributed by atoms with Gasteiger partial charge in [-0.2, -0.15) is 0 Å². The monoisotopic (exact) mass is 292 g/mol. The van der Waals surface area contributed by atoms with Crippen LogP contribution in [0.4, 0.5) is 14.5 Å². The first-order valence-corrected chi connectivity index (χ1v) is 7.22. The maximum Gasteiger partial charge on any atom is 0.243 e. The quantitative estimate of drug-likeness (QED) is 0.693. The van der Waals surface area contributed by atoms with Crippen LogP contribution in [0.1, 0.15) is 12.8 Å². The standard InChI is InChI=1S/C11H14F2N2O3S/c12-8-3-7(14)4-10(11(8)13)19(17,18)15-5-9(16)6-1-2-6/h3-4,6,9,15-16H,1-2,5,14H2. The van der Waals surface area contributed by atoms with Crippen molar-refractivity contribution < 1.29 is 22.3 Å².